The summed E-state index contributed by atoms with van der Waals surface area (Å²) in [5.41, 5.74) is 4.11. The molecule has 2 heterocycles. The standard InChI is InChI=1S/C14H18N2O.ClH/c1-16-7-5-11-12-9-10(17-2)3-4-13(12)15-14(11)6-8-16;/h3-4,9,15H,5-8H2,1-2H3;1H. The van der Waals surface area contributed by atoms with E-state index < -0.39 is 0 Å². The van der Waals surface area contributed by atoms with Gasteiger partial charge in [-0.05, 0) is 37.2 Å². The highest BCUT2D eigenvalue weighted by Gasteiger charge is 2.16. The van der Waals surface area contributed by atoms with E-state index in [1.54, 1.807) is 7.11 Å². The SMILES string of the molecule is COc1ccc2[nH]c3c(c2c1)CCN(C)CC3.Cl. The molecule has 3 nitrogen and oxygen atoms in total. The Hall–Kier alpha value is -1.19. The number of rotatable bonds is 1. The minimum Gasteiger partial charge on any atom is -0.497 e. The first-order valence-electron chi connectivity index (χ1n) is 6.14. The second-order valence-corrected chi connectivity index (χ2v) is 4.80. The van der Waals surface area contributed by atoms with Gasteiger partial charge in [0.2, 0.25) is 0 Å². The average Bonchev–Trinajstić information content (AvgIpc) is 2.60. The van der Waals surface area contributed by atoms with Crippen LogP contribution in [-0.4, -0.2) is 37.1 Å². The number of fused-ring (bicyclic) bond motifs is 3. The van der Waals surface area contributed by atoms with Gasteiger partial charge >= 0.3 is 0 Å². The maximum atomic E-state index is 5.31. The van der Waals surface area contributed by atoms with E-state index in [1.807, 2.05) is 6.07 Å². The van der Waals surface area contributed by atoms with E-state index in [1.165, 1.54) is 22.2 Å². The van der Waals surface area contributed by atoms with Crippen LogP contribution in [0.3, 0.4) is 0 Å². The topological polar surface area (TPSA) is 28.3 Å². The number of H-pyrrole nitrogens is 1. The lowest BCUT2D eigenvalue weighted by molar-refractivity contribution is 0.352. The molecule has 0 amide bonds. The number of halogens is 1. The molecule has 1 N–H and O–H groups in total. The first-order valence-corrected chi connectivity index (χ1v) is 6.14. The fourth-order valence-corrected chi connectivity index (χ4v) is 2.63. The summed E-state index contributed by atoms with van der Waals surface area (Å²) in [7, 11) is 3.91. The average molecular weight is 267 g/mol. The highest BCUT2D eigenvalue weighted by molar-refractivity contribution is 5.86. The van der Waals surface area contributed by atoms with Crippen molar-refractivity contribution in [2.45, 2.75) is 12.8 Å². The number of aromatic nitrogens is 1. The molecule has 2 aromatic rings. The van der Waals surface area contributed by atoms with Gasteiger partial charge in [-0.2, -0.15) is 0 Å². The van der Waals surface area contributed by atoms with Crippen molar-refractivity contribution in [1.29, 1.82) is 0 Å². The number of likely N-dealkylation sites (N-methyl/N-ethyl adjacent to an activating group) is 1. The summed E-state index contributed by atoms with van der Waals surface area (Å²) in [5, 5.41) is 1.33. The molecule has 98 valence electrons. The minimum absolute atomic E-state index is 0. The molecule has 0 aliphatic carbocycles. The number of hydrogen-bond acceptors (Lipinski definition) is 2. The van der Waals surface area contributed by atoms with Crippen LogP contribution in [0.1, 0.15) is 11.3 Å². The lowest BCUT2D eigenvalue weighted by atomic mass is 10.1. The Morgan fingerprint density at radius 3 is 2.78 bits per heavy atom. The van der Waals surface area contributed by atoms with E-state index in [-0.39, 0.29) is 12.4 Å². The maximum absolute atomic E-state index is 5.31. The summed E-state index contributed by atoms with van der Waals surface area (Å²) < 4.78 is 5.31. The zero-order valence-corrected chi connectivity index (χ0v) is 11.6. The summed E-state index contributed by atoms with van der Waals surface area (Å²) in [5.74, 6) is 0.942. The second kappa shape index (κ2) is 5.21. The number of nitrogens with one attached hydrogen (secondary N) is 1. The molecule has 0 saturated heterocycles. The van der Waals surface area contributed by atoms with Gasteiger partial charge in [-0.1, -0.05) is 0 Å². The van der Waals surface area contributed by atoms with Crippen molar-refractivity contribution in [1.82, 2.24) is 9.88 Å². The molecule has 1 aromatic carbocycles. The molecule has 3 rings (SSSR count). The van der Waals surface area contributed by atoms with E-state index in [0.29, 0.717) is 0 Å². The summed E-state index contributed by atoms with van der Waals surface area (Å²) in [6.45, 7) is 2.27. The van der Waals surface area contributed by atoms with Crippen molar-refractivity contribution in [2.24, 2.45) is 0 Å². The van der Waals surface area contributed by atoms with Crippen LogP contribution in [0.25, 0.3) is 10.9 Å². The largest absolute Gasteiger partial charge is 0.497 e. The lowest BCUT2D eigenvalue weighted by Gasteiger charge is -2.11. The summed E-state index contributed by atoms with van der Waals surface area (Å²) in [6, 6.07) is 6.28. The Morgan fingerprint density at radius 1 is 1.22 bits per heavy atom. The molecule has 0 unspecified atom stereocenters. The van der Waals surface area contributed by atoms with Gasteiger partial charge in [0, 0.05) is 36.1 Å². The Bertz CT molecular complexity index is 550. The van der Waals surface area contributed by atoms with Gasteiger partial charge in [0.1, 0.15) is 5.75 Å². The maximum Gasteiger partial charge on any atom is 0.119 e. The van der Waals surface area contributed by atoms with Gasteiger partial charge < -0.3 is 14.6 Å². The van der Waals surface area contributed by atoms with Crippen LogP contribution in [-0.2, 0) is 12.8 Å². The van der Waals surface area contributed by atoms with E-state index in [9.17, 15) is 0 Å². The van der Waals surface area contributed by atoms with E-state index in [4.69, 9.17) is 4.74 Å². The molecule has 0 spiro atoms. The van der Waals surface area contributed by atoms with Crippen LogP contribution in [0.2, 0.25) is 0 Å². The molecular formula is C14H19ClN2O. The number of methoxy groups -OCH3 is 1. The van der Waals surface area contributed by atoms with E-state index >= 15 is 0 Å². The summed E-state index contributed by atoms with van der Waals surface area (Å²) in [6.07, 6.45) is 2.24. The van der Waals surface area contributed by atoms with Crippen molar-refractivity contribution in [2.75, 3.05) is 27.2 Å². The predicted octanol–water partition coefficient (Wildman–Crippen LogP) is 2.63. The third-order valence-corrected chi connectivity index (χ3v) is 3.69. The fourth-order valence-electron chi connectivity index (χ4n) is 2.63. The van der Waals surface area contributed by atoms with E-state index in [2.05, 4.69) is 29.1 Å². The Kier molecular flexibility index (Phi) is 3.83. The van der Waals surface area contributed by atoms with Gasteiger partial charge in [0.05, 0.1) is 7.11 Å². The lowest BCUT2D eigenvalue weighted by Crippen LogP contribution is -2.21. The van der Waals surface area contributed by atoms with Crippen LogP contribution in [0.4, 0.5) is 0 Å². The summed E-state index contributed by atoms with van der Waals surface area (Å²) in [4.78, 5) is 5.93. The molecule has 0 fully saturated rings. The Balaban J connectivity index is 0.00000120. The van der Waals surface area contributed by atoms with Crippen LogP contribution in [0, 0.1) is 0 Å². The first-order chi connectivity index (χ1) is 8.28. The predicted molar refractivity (Wildman–Crippen MR) is 77.0 cm³/mol. The molecule has 1 aromatic heterocycles. The normalized spacial score (nSPS) is 15.9. The third-order valence-electron chi connectivity index (χ3n) is 3.69. The van der Waals surface area contributed by atoms with Crippen molar-refractivity contribution >= 4 is 23.3 Å². The van der Waals surface area contributed by atoms with Gasteiger partial charge in [0.15, 0.2) is 0 Å². The fraction of sp³-hybridized carbons (Fsp3) is 0.429. The zero-order chi connectivity index (χ0) is 11.8. The molecule has 0 radical (unpaired) electrons. The van der Waals surface area contributed by atoms with Gasteiger partial charge in [-0.25, -0.2) is 0 Å². The van der Waals surface area contributed by atoms with Crippen molar-refractivity contribution in [3.63, 3.8) is 0 Å². The van der Waals surface area contributed by atoms with Gasteiger partial charge in [-0.15, -0.1) is 12.4 Å². The van der Waals surface area contributed by atoms with Crippen LogP contribution >= 0.6 is 12.4 Å². The number of nitrogens with zero attached hydrogens (tertiary/aromatic N) is 1. The molecule has 1 aliphatic heterocycles. The zero-order valence-electron chi connectivity index (χ0n) is 10.8. The van der Waals surface area contributed by atoms with E-state index in [0.717, 1.165) is 31.7 Å². The van der Waals surface area contributed by atoms with Crippen LogP contribution < -0.4 is 4.74 Å². The number of ether oxygens (including phenoxy) is 1. The van der Waals surface area contributed by atoms with Crippen molar-refractivity contribution in [3.8, 4) is 5.75 Å². The molecule has 0 atom stereocenters. The first kappa shape index (κ1) is 13.2. The van der Waals surface area contributed by atoms with Gasteiger partial charge in [0.25, 0.3) is 0 Å². The smallest absolute Gasteiger partial charge is 0.119 e. The minimum atomic E-state index is 0. The molecule has 4 heteroatoms. The van der Waals surface area contributed by atoms with Crippen molar-refractivity contribution < 1.29 is 4.74 Å². The number of hydrogen-bond donors (Lipinski definition) is 1. The Morgan fingerprint density at radius 2 is 2.00 bits per heavy atom. The number of benzene rings is 1. The Labute approximate surface area is 114 Å². The molecule has 0 saturated carbocycles. The molecule has 18 heavy (non-hydrogen) atoms. The highest BCUT2D eigenvalue weighted by atomic mass is 35.5. The number of aromatic amines is 1. The second-order valence-electron chi connectivity index (χ2n) is 4.80. The highest BCUT2D eigenvalue weighted by Crippen LogP contribution is 2.28. The molecule has 0 bridgehead atoms. The summed E-state index contributed by atoms with van der Waals surface area (Å²) >= 11 is 0. The molecular weight excluding hydrogens is 248 g/mol. The van der Waals surface area contributed by atoms with Crippen LogP contribution in [0.15, 0.2) is 18.2 Å². The quantitative estimate of drug-likeness (QED) is 0.860. The third kappa shape index (κ3) is 2.20. The monoisotopic (exact) mass is 266 g/mol. The van der Waals surface area contributed by atoms with Crippen LogP contribution in [0.5, 0.6) is 5.75 Å². The van der Waals surface area contributed by atoms with Gasteiger partial charge in [-0.3, -0.25) is 0 Å². The molecule has 1 aliphatic rings. The van der Waals surface area contributed by atoms with Crippen molar-refractivity contribution in [3.05, 3.63) is 29.5 Å².